The van der Waals surface area contributed by atoms with Crippen LogP contribution in [0.4, 0.5) is 0 Å². The summed E-state index contributed by atoms with van der Waals surface area (Å²) in [6.07, 6.45) is 6.00. The third-order valence-electron chi connectivity index (χ3n) is 5.40. The molecule has 2 aliphatic rings. The molecule has 0 spiro atoms. The van der Waals surface area contributed by atoms with Crippen molar-refractivity contribution in [3.05, 3.63) is 42.0 Å². The van der Waals surface area contributed by atoms with Crippen molar-refractivity contribution in [2.75, 3.05) is 45.8 Å². The van der Waals surface area contributed by atoms with Gasteiger partial charge in [-0.25, -0.2) is 0 Å². The average Bonchev–Trinajstić information content (AvgIpc) is 3.14. The Labute approximate surface area is 182 Å². The molecule has 150 valence electrons. The Morgan fingerprint density at radius 3 is 2.67 bits per heavy atom. The molecule has 1 unspecified atom stereocenters. The van der Waals surface area contributed by atoms with Gasteiger partial charge in [-0.2, -0.15) is 0 Å². The van der Waals surface area contributed by atoms with Crippen LogP contribution >= 0.6 is 24.0 Å². The van der Waals surface area contributed by atoms with Gasteiger partial charge in [0.25, 0.3) is 0 Å². The summed E-state index contributed by atoms with van der Waals surface area (Å²) in [5.74, 6) is 1.81. The largest absolute Gasteiger partial charge is 0.357 e. The molecule has 0 saturated carbocycles. The van der Waals surface area contributed by atoms with E-state index in [9.17, 15) is 0 Å². The summed E-state index contributed by atoms with van der Waals surface area (Å²) < 4.78 is 0. The highest BCUT2D eigenvalue weighted by molar-refractivity contribution is 14.0. The normalized spacial score (nSPS) is 21.0. The van der Waals surface area contributed by atoms with E-state index in [2.05, 4.69) is 65.4 Å². The maximum atomic E-state index is 4.99. The number of guanidine groups is 1. The van der Waals surface area contributed by atoms with E-state index in [-0.39, 0.29) is 24.0 Å². The fraction of sp³-hybridized carbons (Fsp3) is 0.591. The van der Waals surface area contributed by atoms with Crippen molar-refractivity contribution in [1.29, 1.82) is 0 Å². The summed E-state index contributed by atoms with van der Waals surface area (Å²) in [7, 11) is 0. The molecule has 0 aliphatic carbocycles. The molecule has 1 fully saturated rings. The minimum atomic E-state index is 0. The van der Waals surface area contributed by atoms with Crippen LogP contribution in [0.25, 0.3) is 5.57 Å². The standard InChI is InChI=1S/C22H34N4.HI/c1-3-13-25-14-10-19(18-25)17-24-22(23-4-2)26-15-11-21(12-16-26)20-8-6-5-7-9-20;/h5-9,11,19H,3-4,10,12-18H2,1-2H3,(H,23,24);1H. The van der Waals surface area contributed by atoms with Crippen LogP contribution in [-0.4, -0.2) is 61.6 Å². The molecule has 0 amide bonds. The molecule has 1 atom stereocenters. The zero-order valence-corrected chi connectivity index (χ0v) is 19.2. The maximum absolute atomic E-state index is 4.99. The van der Waals surface area contributed by atoms with Gasteiger partial charge in [-0.05, 0) is 56.3 Å². The van der Waals surface area contributed by atoms with E-state index in [1.54, 1.807) is 0 Å². The molecule has 0 bridgehead atoms. The van der Waals surface area contributed by atoms with Crippen LogP contribution in [0.1, 0.15) is 38.7 Å². The van der Waals surface area contributed by atoms with E-state index in [1.165, 1.54) is 43.6 Å². The third kappa shape index (κ3) is 6.49. The first-order valence-corrected chi connectivity index (χ1v) is 10.3. The van der Waals surface area contributed by atoms with Crippen LogP contribution in [-0.2, 0) is 0 Å². The molecule has 27 heavy (non-hydrogen) atoms. The summed E-state index contributed by atoms with van der Waals surface area (Å²) >= 11 is 0. The van der Waals surface area contributed by atoms with Crippen molar-refractivity contribution in [2.24, 2.45) is 10.9 Å². The van der Waals surface area contributed by atoms with Crippen LogP contribution in [0.15, 0.2) is 41.4 Å². The first-order valence-electron chi connectivity index (χ1n) is 10.3. The zero-order valence-electron chi connectivity index (χ0n) is 16.9. The third-order valence-corrected chi connectivity index (χ3v) is 5.40. The van der Waals surface area contributed by atoms with Gasteiger partial charge in [-0.15, -0.1) is 24.0 Å². The van der Waals surface area contributed by atoms with E-state index < -0.39 is 0 Å². The van der Waals surface area contributed by atoms with Gasteiger partial charge in [0.05, 0.1) is 0 Å². The van der Waals surface area contributed by atoms with E-state index in [0.717, 1.165) is 44.5 Å². The summed E-state index contributed by atoms with van der Waals surface area (Å²) in [4.78, 5) is 9.97. The minimum Gasteiger partial charge on any atom is -0.357 e. The Kier molecular flexibility index (Phi) is 9.62. The highest BCUT2D eigenvalue weighted by atomic mass is 127. The number of hydrogen-bond donors (Lipinski definition) is 1. The number of hydrogen-bond acceptors (Lipinski definition) is 2. The lowest BCUT2D eigenvalue weighted by atomic mass is 10.00. The second-order valence-corrected chi connectivity index (χ2v) is 7.44. The molecule has 0 aromatic heterocycles. The predicted molar refractivity (Wildman–Crippen MR) is 127 cm³/mol. The monoisotopic (exact) mass is 482 g/mol. The summed E-state index contributed by atoms with van der Waals surface area (Å²) in [6.45, 7) is 12.0. The molecule has 3 rings (SSSR count). The number of halogens is 1. The number of aliphatic imine (C=N–C) groups is 1. The number of benzene rings is 1. The summed E-state index contributed by atoms with van der Waals surface area (Å²) in [5, 5.41) is 3.50. The fourth-order valence-electron chi connectivity index (χ4n) is 4.00. The van der Waals surface area contributed by atoms with Crippen LogP contribution in [0.5, 0.6) is 0 Å². The SMILES string of the molecule is CCCN1CCC(CN=C(NCC)N2CC=C(c3ccccc3)CC2)C1.I. The fourth-order valence-corrected chi connectivity index (χ4v) is 4.00. The van der Waals surface area contributed by atoms with Crippen molar-refractivity contribution in [1.82, 2.24) is 15.1 Å². The number of nitrogens with one attached hydrogen (secondary N) is 1. The Bertz CT molecular complexity index is 614. The first-order chi connectivity index (χ1) is 12.8. The molecule has 1 aromatic carbocycles. The summed E-state index contributed by atoms with van der Waals surface area (Å²) in [6, 6.07) is 10.8. The molecular formula is C22H35IN4. The van der Waals surface area contributed by atoms with E-state index >= 15 is 0 Å². The second-order valence-electron chi connectivity index (χ2n) is 7.44. The Morgan fingerprint density at radius 2 is 2.00 bits per heavy atom. The quantitative estimate of drug-likeness (QED) is 0.377. The van der Waals surface area contributed by atoms with Crippen molar-refractivity contribution >= 4 is 35.5 Å². The van der Waals surface area contributed by atoms with Gasteiger partial charge >= 0.3 is 0 Å². The van der Waals surface area contributed by atoms with E-state index in [4.69, 9.17) is 4.99 Å². The van der Waals surface area contributed by atoms with Gasteiger partial charge in [-0.3, -0.25) is 4.99 Å². The van der Waals surface area contributed by atoms with Gasteiger partial charge in [0.2, 0.25) is 0 Å². The van der Waals surface area contributed by atoms with E-state index in [0.29, 0.717) is 0 Å². The molecule has 1 aromatic rings. The van der Waals surface area contributed by atoms with Crippen molar-refractivity contribution < 1.29 is 0 Å². The minimum absolute atomic E-state index is 0. The number of likely N-dealkylation sites (tertiary alicyclic amines) is 1. The molecule has 1 saturated heterocycles. The lowest BCUT2D eigenvalue weighted by Gasteiger charge is -2.30. The lowest BCUT2D eigenvalue weighted by molar-refractivity contribution is 0.326. The smallest absolute Gasteiger partial charge is 0.194 e. The zero-order chi connectivity index (χ0) is 18.2. The van der Waals surface area contributed by atoms with Crippen LogP contribution in [0, 0.1) is 5.92 Å². The Balaban J connectivity index is 0.00000261. The van der Waals surface area contributed by atoms with Gasteiger partial charge in [-0.1, -0.05) is 43.3 Å². The Hall–Kier alpha value is -1.08. The van der Waals surface area contributed by atoms with Crippen molar-refractivity contribution in [3.63, 3.8) is 0 Å². The second kappa shape index (κ2) is 11.7. The van der Waals surface area contributed by atoms with E-state index in [1.807, 2.05) is 0 Å². The predicted octanol–water partition coefficient (Wildman–Crippen LogP) is 4.09. The lowest BCUT2D eigenvalue weighted by Crippen LogP contribution is -2.43. The molecule has 2 aliphatic heterocycles. The number of nitrogens with zero attached hydrogens (tertiary/aromatic N) is 3. The van der Waals surface area contributed by atoms with Crippen molar-refractivity contribution in [3.8, 4) is 0 Å². The first kappa shape index (κ1) is 22.2. The van der Waals surface area contributed by atoms with Crippen molar-refractivity contribution in [2.45, 2.75) is 33.1 Å². The molecule has 2 heterocycles. The topological polar surface area (TPSA) is 30.9 Å². The molecule has 4 nitrogen and oxygen atoms in total. The van der Waals surface area contributed by atoms with Crippen LogP contribution in [0.3, 0.4) is 0 Å². The molecule has 0 radical (unpaired) electrons. The van der Waals surface area contributed by atoms with Gasteiger partial charge in [0.15, 0.2) is 5.96 Å². The molecule has 5 heteroatoms. The van der Waals surface area contributed by atoms with Crippen LogP contribution < -0.4 is 5.32 Å². The van der Waals surface area contributed by atoms with Crippen LogP contribution in [0.2, 0.25) is 0 Å². The molecular weight excluding hydrogens is 447 g/mol. The van der Waals surface area contributed by atoms with Gasteiger partial charge in [0.1, 0.15) is 0 Å². The van der Waals surface area contributed by atoms with Gasteiger partial charge in [0, 0.05) is 32.7 Å². The average molecular weight is 482 g/mol. The van der Waals surface area contributed by atoms with Gasteiger partial charge < -0.3 is 15.1 Å². The molecule has 1 N–H and O–H groups in total. The highest BCUT2D eigenvalue weighted by Crippen LogP contribution is 2.22. The Morgan fingerprint density at radius 1 is 1.19 bits per heavy atom. The number of rotatable bonds is 6. The maximum Gasteiger partial charge on any atom is 0.194 e. The summed E-state index contributed by atoms with van der Waals surface area (Å²) in [5.41, 5.74) is 2.82. The highest BCUT2D eigenvalue weighted by Gasteiger charge is 2.22.